The number of hydrogen-bond donors (Lipinski definition) is 2. The first-order chi connectivity index (χ1) is 30.0. The van der Waals surface area contributed by atoms with E-state index in [-0.39, 0.29) is 19.1 Å². The molecule has 0 rings (SSSR count). The number of likely N-dealkylation sites (N-methyl/N-ethyl adjacent to an activating group) is 1. The predicted molar refractivity (Wildman–Crippen MR) is 265 cm³/mol. The number of aliphatic hydroxyl groups is 1. The van der Waals surface area contributed by atoms with Crippen LogP contribution in [0.3, 0.4) is 0 Å². The summed E-state index contributed by atoms with van der Waals surface area (Å²) in [4.78, 5) is 25.4. The van der Waals surface area contributed by atoms with Crippen LogP contribution in [-0.2, 0) is 18.4 Å². The zero-order chi connectivity index (χ0) is 45.7. The van der Waals surface area contributed by atoms with Crippen molar-refractivity contribution in [3.8, 4) is 0 Å². The molecule has 0 heterocycles. The molecule has 0 saturated carbocycles. The monoisotopic (exact) mass is 897 g/mol. The molecule has 62 heavy (non-hydrogen) atoms. The maximum atomic E-state index is 12.9. The van der Waals surface area contributed by atoms with Crippen molar-refractivity contribution in [2.24, 2.45) is 0 Å². The summed E-state index contributed by atoms with van der Waals surface area (Å²) in [5.41, 5.74) is 0. The highest BCUT2D eigenvalue weighted by atomic mass is 31.2. The molecule has 0 radical (unpaired) electrons. The second kappa shape index (κ2) is 45.1. The summed E-state index contributed by atoms with van der Waals surface area (Å²) in [7, 11) is 1.27. The van der Waals surface area contributed by atoms with Gasteiger partial charge >= 0.3 is 0 Å². The number of allylic oxidation sites excluding steroid dienone is 3. The highest BCUT2D eigenvalue weighted by Gasteiger charge is 2.23. The summed E-state index contributed by atoms with van der Waals surface area (Å²) in [5, 5.41) is 13.9. The Morgan fingerprint density at radius 3 is 1.26 bits per heavy atom. The van der Waals surface area contributed by atoms with Gasteiger partial charge in [-0.15, -0.1) is 0 Å². The molecule has 0 bridgehead atoms. The van der Waals surface area contributed by atoms with Gasteiger partial charge in [0.25, 0.3) is 7.82 Å². The van der Waals surface area contributed by atoms with Crippen molar-refractivity contribution in [2.75, 3.05) is 40.9 Å². The Labute approximate surface area is 385 Å². The smallest absolute Gasteiger partial charge is 0.268 e. The summed E-state index contributed by atoms with van der Waals surface area (Å²) >= 11 is 0. The normalized spacial score (nSPS) is 14.2. The first-order valence-corrected chi connectivity index (χ1v) is 28.2. The van der Waals surface area contributed by atoms with Gasteiger partial charge in [0.2, 0.25) is 5.91 Å². The predicted octanol–water partition coefficient (Wildman–Crippen LogP) is 15.0. The van der Waals surface area contributed by atoms with Crippen LogP contribution in [0.4, 0.5) is 0 Å². The highest BCUT2D eigenvalue weighted by Crippen LogP contribution is 2.38. The van der Waals surface area contributed by atoms with E-state index >= 15 is 0 Å². The lowest BCUT2D eigenvalue weighted by molar-refractivity contribution is -0.870. The van der Waals surface area contributed by atoms with Crippen LogP contribution in [0, 0.1) is 0 Å². The molecule has 9 heteroatoms. The zero-order valence-corrected chi connectivity index (χ0v) is 42.7. The van der Waals surface area contributed by atoms with Gasteiger partial charge in [-0.25, -0.2) is 0 Å². The average Bonchev–Trinajstić information content (AvgIpc) is 3.23. The van der Waals surface area contributed by atoms with E-state index in [1.54, 1.807) is 6.08 Å². The van der Waals surface area contributed by atoms with E-state index in [2.05, 4.69) is 31.3 Å². The second-order valence-electron chi connectivity index (χ2n) is 19.6. The van der Waals surface area contributed by atoms with Gasteiger partial charge < -0.3 is 28.8 Å². The summed E-state index contributed by atoms with van der Waals surface area (Å²) in [6.07, 6.45) is 55.2. The molecule has 0 fully saturated rings. The minimum atomic E-state index is -4.59. The molecular formula is C53H105N2O6P. The van der Waals surface area contributed by atoms with Gasteiger partial charge in [0.15, 0.2) is 0 Å². The Morgan fingerprint density at radius 1 is 0.548 bits per heavy atom. The molecule has 0 spiro atoms. The number of amides is 1. The number of quaternary nitrogens is 1. The molecule has 0 aromatic heterocycles. The van der Waals surface area contributed by atoms with Gasteiger partial charge in [0.05, 0.1) is 39.9 Å². The number of nitrogens with one attached hydrogen (secondary N) is 1. The van der Waals surface area contributed by atoms with Crippen LogP contribution in [-0.4, -0.2) is 68.5 Å². The number of unbranched alkanes of at least 4 members (excludes halogenated alkanes) is 34. The number of rotatable bonds is 49. The number of hydrogen-bond acceptors (Lipinski definition) is 6. The van der Waals surface area contributed by atoms with E-state index in [9.17, 15) is 19.4 Å². The fourth-order valence-corrected chi connectivity index (χ4v) is 8.64. The molecule has 368 valence electrons. The molecule has 0 aliphatic carbocycles. The minimum absolute atomic E-state index is 0.000372. The molecule has 0 aliphatic rings. The lowest BCUT2D eigenvalue weighted by Crippen LogP contribution is -2.45. The van der Waals surface area contributed by atoms with Crippen LogP contribution in [0.15, 0.2) is 24.3 Å². The van der Waals surface area contributed by atoms with Crippen LogP contribution in [0.25, 0.3) is 0 Å². The van der Waals surface area contributed by atoms with Crippen LogP contribution < -0.4 is 10.2 Å². The maximum absolute atomic E-state index is 12.9. The quantitative estimate of drug-likeness (QED) is 0.0273. The number of phosphoric ester groups is 1. The van der Waals surface area contributed by atoms with Crippen molar-refractivity contribution in [3.05, 3.63) is 24.3 Å². The van der Waals surface area contributed by atoms with Gasteiger partial charge in [0.1, 0.15) is 13.2 Å². The lowest BCUT2D eigenvalue weighted by atomic mass is 10.0. The average molecular weight is 897 g/mol. The molecule has 0 aliphatic heterocycles. The van der Waals surface area contributed by atoms with E-state index < -0.39 is 20.0 Å². The minimum Gasteiger partial charge on any atom is -0.756 e. The fraction of sp³-hybridized carbons (Fsp3) is 0.906. The molecule has 3 unspecified atom stereocenters. The Balaban J connectivity index is 4.26. The van der Waals surface area contributed by atoms with E-state index in [1.807, 2.05) is 27.2 Å². The zero-order valence-electron chi connectivity index (χ0n) is 41.8. The van der Waals surface area contributed by atoms with E-state index in [0.29, 0.717) is 17.4 Å². The maximum Gasteiger partial charge on any atom is 0.268 e. The summed E-state index contributed by atoms with van der Waals surface area (Å²) in [6.45, 7) is 4.67. The van der Waals surface area contributed by atoms with Gasteiger partial charge in [-0.3, -0.25) is 9.36 Å². The number of carbonyl (C=O) groups excluding carboxylic acids is 1. The molecule has 0 aromatic rings. The topological polar surface area (TPSA) is 108 Å². The number of nitrogens with zero attached hydrogens (tertiary/aromatic N) is 1. The Kier molecular flexibility index (Phi) is 44.4. The van der Waals surface area contributed by atoms with E-state index in [0.717, 1.165) is 38.5 Å². The molecule has 2 N–H and O–H groups in total. The van der Waals surface area contributed by atoms with Crippen LogP contribution in [0.1, 0.15) is 258 Å². The summed E-state index contributed by atoms with van der Waals surface area (Å²) in [6, 6.07) is -0.886. The first-order valence-electron chi connectivity index (χ1n) is 26.7. The highest BCUT2D eigenvalue weighted by molar-refractivity contribution is 7.45. The van der Waals surface area contributed by atoms with E-state index in [4.69, 9.17) is 9.05 Å². The van der Waals surface area contributed by atoms with Gasteiger partial charge in [-0.2, -0.15) is 0 Å². The van der Waals surface area contributed by atoms with Gasteiger partial charge in [-0.1, -0.05) is 231 Å². The Morgan fingerprint density at radius 2 is 0.887 bits per heavy atom. The van der Waals surface area contributed by atoms with Crippen molar-refractivity contribution in [3.63, 3.8) is 0 Å². The first kappa shape index (κ1) is 61.0. The largest absolute Gasteiger partial charge is 0.756 e. The molecule has 3 atom stereocenters. The molecular weight excluding hydrogens is 792 g/mol. The third kappa shape index (κ3) is 47.0. The molecule has 8 nitrogen and oxygen atoms in total. The number of carbonyl (C=O) groups is 1. The second-order valence-corrected chi connectivity index (χ2v) is 21.0. The molecule has 0 aromatic carbocycles. The summed E-state index contributed by atoms with van der Waals surface area (Å²) < 4.78 is 23.3. The fourth-order valence-electron chi connectivity index (χ4n) is 7.91. The van der Waals surface area contributed by atoms with Crippen molar-refractivity contribution in [1.82, 2.24) is 5.32 Å². The van der Waals surface area contributed by atoms with Crippen molar-refractivity contribution in [1.29, 1.82) is 0 Å². The van der Waals surface area contributed by atoms with Crippen molar-refractivity contribution >= 4 is 13.7 Å². The lowest BCUT2D eigenvalue weighted by Gasteiger charge is -2.29. The number of phosphoric acid groups is 1. The molecule has 0 saturated heterocycles. The molecule has 1 amide bonds. The summed E-state index contributed by atoms with van der Waals surface area (Å²) in [5.74, 6) is -0.199. The SMILES string of the molecule is CCCCCCCC/C=C\CCCCCCCCCC(=O)NC(COP(=O)([O-])OCC[N+](C)(C)C)C(O)/C=C/CCCCCCCCCCCCCCCCCCCCCCC. The van der Waals surface area contributed by atoms with Crippen LogP contribution >= 0.6 is 7.82 Å². The van der Waals surface area contributed by atoms with Gasteiger partial charge in [-0.05, 0) is 44.9 Å². The Hall–Kier alpha value is -1.02. The standard InChI is InChI=1S/C53H105N2O6P/c1-6-8-10-12-14-16-18-20-22-24-25-26-27-28-29-31-32-34-36-38-40-42-44-46-52(56)51(50-61-62(58,59)60-49-48-55(3,4)5)54-53(57)47-45-43-41-39-37-35-33-30-23-21-19-17-15-13-11-9-7-2/h21,23,44,46,51-52,56H,6-20,22,24-43,45,47-50H2,1-5H3,(H-,54,57,58,59)/b23-21-,46-44+. The van der Waals surface area contributed by atoms with Gasteiger partial charge in [0, 0.05) is 6.42 Å². The van der Waals surface area contributed by atoms with Crippen LogP contribution in [0.5, 0.6) is 0 Å². The van der Waals surface area contributed by atoms with Crippen molar-refractivity contribution in [2.45, 2.75) is 270 Å². The third-order valence-electron chi connectivity index (χ3n) is 12.2. The van der Waals surface area contributed by atoms with E-state index in [1.165, 1.54) is 199 Å². The van der Waals surface area contributed by atoms with Crippen molar-refractivity contribution < 1.29 is 32.9 Å². The van der Waals surface area contributed by atoms with Crippen LogP contribution in [0.2, 0.25) is 0 Å². The Bertz CT molecular complexity index is 1060. The third-order valence-corrected chi connectivity index (χ3v) is 13.1. The number of aliphatic hydroxyl groups excluding tert-OH is 1.